The first-order valence-corrected chi connectivity index (χ1v) is 14.7. The zero-order valence-corrected chi connectivity index (χ0v) is 23.6. The minimum absolute atomic E-state index is 0.0172. The summed E-state index contributed by atoms with van der Waals surface area (Å²) in [6.07, 6.45) is 1.87. The van der Waals surface area contributed by atoms with Crippen LogP contribution in [0.25, 0.3) is 5.76 Å². The molecule has 41 heavy (non-hydrogen) atoms. The Balaban J connectivity index is 1.50. The van der Waals surface area contributed by atoms with Crippen molar-refractivity contribution in [1.29, 1.82) is 0 Å². The third kappa shape index (κ3) is 6.01. The molecule has 1 amide bonds. The number of thioether (sulfide) groups is 1. The van der Waals surface area contributed by atoms with E-state index < -0.39 is 29.3 Å². The van der Waals surface area contributed by atoms with Gasteiger partial charge in [0, 0.05) is 16.9 Å². The van der Waals surface area contributed by atoms with Crippen LogP contribution in [-0.4, -0.2) is 33.6 Å². The molecule has 0 radical (unpaired) electrons. The van der Waals surface area contributed by atoms with Crippen molar-refractivity contribution in [1.82, 2.24) is 10.2 Å². The van der Waals surface area contributed by atoms with E-state index in [2.05, 4.69) is 17.1 Å². The van der Waals surface area contributed by atoms with Crippen LogP contribution < -0.4 is 9.64 Å². The number of aromatic nitrogens is 2. The first-order chi connectivity index (χ1) is 19.9. The monoisotopic (exact) mass is 593 g/mol. The maximum atomic E-state index is 15.1. The number of hydrogen-bond donors (Lipinski definition) is 1. The number of anilines is 1. The van der Waals surface area contributed by atoms with Gasteiger partial charge in [-0.2, -0.15) is 0 Å². The van der Waals surface area contributed by atoms with Crippen LogP contribution in [0.1, 0.15) is 42.5 Å². The summed E-state index contributed by atoms with van der Waals surface area (Å²) in [7, 11) is 0. The lowest BCUT2D eigenvalue weighted by Gasteiger charge is -2.22. The number of ether oxygens (including phenoxy) is 1. The third-order valence-corrected chi connectivity index (χ3v) is 8.55. The highest BCUT2D eigenvalue weighted by Crippen LogP contribution is 2.44. The Hall–Kier alpha value is -4.09. The first kappa shape index (κ1) is 28.4. The number of Topliss-reactive ketones (excluding diaryl/α,β-unsaturated/α-hetero) is 1. The predicted octanol–water partition coefficient (Wildman–Crippen LogP) is 6.91. The van der Waals surface area contributed by atoms with E-state index in [4.69, 9.17) is 4.74 Å². The molecule has 1 aliphatic heterocycles. The molecular formula is C30H25F2N3O4S2. The van der Waals surface area contributed by atoms with Crippen molar-refractivity contribution < 1.29 is 28.2 Å². The van der Waals surface area contributed by atoms with Crippen LogP contribution in [0.2, 0.25) is 0 Å². The maximum absolute atomic E-state index is 15.1. The molecule has 0 aliphatic carbocycles. The highest BCUT2D eigenvalue weighted by Gasteiger charge is 2.49. The van der Waals surface area contributed by atoms with Crippen LogP contribution in [0, 0.1) is 11.6 Å². The molecule has 0 spiro atoms. The van der Waals surface area contributed by atoms with Crippen molar-refractivity contribution in [3.8, 4) is 5.75 Å². The summed E-state index contributed by atoms with van der Waals surface area (Å²) >= 11 is 2.23. The third-order valence-electron chi connectivity index (χ3n) is 6.45. The molecule has 1 aromatic heterocycles. The van der Waals surface area contributed by atoms with Crippen LogP contribution in [0.4, 0.5) is 13.9 Å². The first-order valence-electron chi connectivity index (χ1n) is 12.9. The summed E-state index contributed by atoms with van der Waals surface area (Å²) in [5.74, 6) is -2.54. The van der Waals surface area contributed by atoms with Crippen molar-refractivity contribution >= 4 is 45.7 Å². The Morgan fingerprint density at radius 2 is 1.71 bits per heavy atom. The van der Waals surface area contributed by atoms with Crippen LogP contribution >= 0.6 is 23.1 Å². The van der Waals surface area contributed by atoms with Crippen LogP contribution in [0.3, 0.4) is 0 Å². The van der Waals surface area contributed by atoms with Gasteiger partial charge < -0.3 is 9.84 Å². The molecule has 1 aliphatic rings. The molecule has 7 nitrogen and oxygen atoms in total. The second-order valence-corrected chi connectivity index (χ2v) is 11.3. The van der Waals surface area contributed by atoms with E-state index >= 15 is 4.39 Å². The fourth-order valence-corrected chi connectivity index (χ4v) is 6.19. The molecule has 3 aromatic carbocycles. The van der Waals surface area contributed by atoms with Gasteiger partial charge in [-0.3, -0.25) is 14.5 Å². The molecule has 11 heteroatoms. The number of carbonyl (C=O) groups excluding carboxylic acids is 2. The second kappa shape index (κ2) is 12.6. The molecule has 5 rings (SSSR count). The molecule has 0 bridgehead atoms. The molecule has 0 saturated carbocycles. The number of nitrogens with zero attached hydrogens (tertiary/aromatic N) is 3. The minimum Gasteiger partial charge on any atom is -0.507 e. The average molecular weight is 594 g/mol. The second-order valence-electron chi connectivity index (χ2n) is 9.15. The Kier molecular flexibility index (Phi) is 8.75. The quantitative estimate of drug-likeness (QED) is 0.0533. The Labute approximate surface area is 243 Å². The van der Waals surface area contributed by atoms with Gasteiger partial charge in [0.05, 0.1) is 12.2 Å². The average Bonchev–Trinajstić information content (AvgIpc) is 3.55. The lowest BCUT2D eigenvalue weighted by molar-refractivity contribution is -0.132. The van der Waals surface area contributed by atoms with Gasteiger partial charge in [0.25, 0.3) is 5.78 Å². The van der Waals surface area contributed by atoms with E-state index in [0.717, 1.165) is 29.1 Å². The molecular weight excluding hydrogens is 568 g/mol. The number of unbranched alkanes of at least 4 members (excludes halogenated alkanes) is 1. The van der Waals surface area contributed by atoms with E-state index in [9.17, 15) is 19.1 Å². The van der Waals surface area contributed by atoms with Crippen LogP contribution in [0.5, 0.6) is 5.75 Å². The summed E-state index contributed by atoms with van der Waals surface area (Å²) in [4.78, 5) is 27.8. The van der Waals surface area contributed by atoms with Gasteiger partial charge in [-0.15, -0.1) is 10.2 Å². The van der Waals surface area contributed by atoms with Crippen molar-refractivity contribution in [2.45, 2.75) is 35.9 Å². The number of rotatable bonds is 10. The SMILES string of the molecule is CCCCOc1ccc(C(O)=C2C(=O)C(=O)N(c3nnc(SCc4ccccc4F)s3)[C@@H]2c2ccccc2F)cc1. The van der Waals surface area contributed by atoms with Crippen LogP contribution in [-0.2, 0) is 15.3 Å². The summed E-state index contributed by atoms with van der Waals surface area (Å²) in [6.45, 7) is 2.60. The van der Waals surface area contributed by atoms with E-state index in [1.807, 2.05) is 0 Å². The van der Waals surface area contributed by atoms with Crippen molar-refractivity contribution in [3.63, 3.8) is 0 Å². The smallest absolute Gasteiger partial charge is 0.301 e. The summed E-state index contributed by atoms with van der Waals surface area (Å²) in [6, 6.07) is 17.3. The number of ketones is 1. The lowest BCUT2D eigenvalue weighted by atomic mass is 9.95. The number of aliphatic hydroxyl groups excluding tert-OH is 1. The van der Waals surface area contributed by atoms with E-state index in [-0.39, 0.29) is 33.4 Å². The highest BCUT2D eigenvalue weighted by molar-refractivity contribution is 8.00. The Morgan fingerprint density at radius 3 is 2.41 bits per heavy atom. The number of hydrogen-bond acceptors (Lipinski definition) is 8. The van der Waals surface area contributed by atoms with Gasteiger partial charge in [-0.25, -0.2) is 8.78 Å². The standard InChI is InChI=1S/C30H25F2N3O4S2/c1-2-3-16-39-20-14-12-18(13-15-20)26(36)24-25(21-9-5-7-11-23(21)32)35(28(38)27(24)37)29-33-34-30(41-29)40-17-19-8-4-6-10-22(19)31/h4-15,25,36H,2-3,16-17H2,1H3/t25-/m1/s1. The topological polar surface area (TPSA) is 92.6 Å². The normalized spacial score (nSPS) is 16.4. The lowest BCUT2D eigenvalue weighted by Crippen LogP contribution is -2.29. The molecule has 1 N–H and O–H groups in total. The van der Waals surface area contributed by atoms with Crippen molar-refractivity contribution in [3.05, 3.63) is 107 Å². The van der Waals surface area contributed by atoms with E-state index in [1.165, 1.54) is 36.0 Å². The molecule has 0 unspecified atom stereocenters. The number of benzene rings is 3. The van der Waals surface area contributed by atoms with Gasteiger partial charge in [0.2, 0.25) is 5.13 Å². The molecule has 4 aromatic rings. The molecule has 1 atom stereocenters. The van der Waals surface area contributed by atoms with Gasteiger partial charge in [0.1, 0.15) is 29.2 Å². The van der Waals surface area contributed by atoms with Crippen molar-refractivity contribution in [2.75, 3.05) is 11.5 Å². The minimum atomic E-state index is -1.28. The molecule has 2 heterocycles. The predicted molar refractivity (Wildman–Crippen MR) is 154 cm³/mol. The number of amides is 1. The zero-order chi connectivity index (χ0) is 28.9. The molecule has 210 valence electrons. The Bertz CT molecular complexity index is 1610. The van der Waals surface area contributed by atoms with Gasteiger partial charge in [0.15, 0.2) is 4.34 Å². The summed E-state index contributed by atoms with van der Waals surface area (Å²) in [5.41, 5.74) is 0.493. The van der Waals surface area contributed by atoms with E-state index in [1.54, 1.807) is 48.5 Å². The summed E-state index contributed by atoms with van der Waals surface area (Å²) < 4.78 is 35.3. The zero-order valence-electron chi connectivity index (χ0n) is 21.9. The van der Waals surface area contributed by atoms with E-state index in [0.29, 0.717) is 22.3 Å². The summed E-state index contributed by atoms with van der Waals surface area (Å²) in [5, 5.41) is 19.5. The largest absolute Gasteiger partial charge is 0.507 e. The maximum Gasteiger partial charge on any atom is 0.301 e. The fourth-order valence-electron chi connectivity index (χ4n) is 4.33. The van der Waals surface area contributed by atoms with Crippen LogP contribution in [0.15, 0.2) is 82.7 Å². The number of carbonyl (C=O) groups is 2. The van der Waals surface area contributed by atoms with Gasteiger partial charge in [-0.05, 0) is 48.4 Å². The number of aliphatic hydroxyl groups is 1. The van der Waals surface area contributed by atoms with Gasteiger partial charge >= 0.3 is 5.91 Å². The van der Waals surface area contributed by atoms with Crippen molar-refractivity contribution in [2.24, 2.45) is 0 Å². The fraction of sp³-hybridized carbons (Fsp3) is 0.200. The Morgan fingerprint density at radius 1 is 1.00 bits per heavy atom. The molecule has 1 fully saturated rings. The molecule has 1 saturated heterocycles. The number of halogens is 2. The van der Waals surface area contributed by atoms with Gasteiger partial charge in [-0.1, -0.05) is 72.8 Å². The highest BCUT2D eigenvalue weighted by atomic mass is 32.2.